The van der Waals surface area contributed by atoms with Crippen LogP contribution in [-0.4, -0.2) is 24.4 Å². The highest BCUT2D eigenvalue weighted by Crippen LogP contribution is 2.25. The standard InChI is InChI=1S/C12H14N2O2/c1-12(2)11(16)14(3)9-7-5-4-6-8(9)10(15)13-12/h4-7H,1-3H3,(H,13,15). The molecule has 1 aliphatic heterocycles. The Hall–Kier alpha value is -1.84. The van der Waals surface area contributed by atoms with Gasteiger partial charge in [-0.3, -0.25) is 9.59 Å². The van der Waals surface area contributed by atoms with Crippen LogP contribution >= 0.6 is 0 Å². The second kappa shape index (κ2) is 3.33. The van der Waals surface area contributed by atoms with Crippen LogP contribution in [0.5, 0.6) is 0 Å². The lowest BCUT2D eigenvalue weighted by Crippen LogP contribution is -2.52. The molecule has 4 heteroatoms. The van der Waals surface area contributed by atoms with Crippen molar-refractivity contribution in [2.24, 2.45) is 0 Å². The van der Waals surface area contributed by atoms with Gasteiger partial charge in [-0.25, -0.2) is 0 Å². The normalized spacial score (nSPS) is 18.8. The van der Waals surface area contributed by atoms with Crippen molar-refractivity contribution in [3.05, 3.63) is 29.8 Å². The summed E-state index contributed by atoms with van der Waals surface area (Å²) in [6, 6.07) is 7.09. The minimum absolute atomic E-state index is 0.120. The highest BCUT2D eigenvalue weighted by molar-refractivity contribution is 6.12. The molecule has 2 rings (SSSR count). The smallest absolute Gasteiger partial charge is 0.254 e. The number of anilines is 1. The van der Waals surface area contributed by atoms with Gasteiger partial charge in [0.05, 0.1) is 11.3 Å². The second-order valence-corrected chi connectivity index (χ2v) is 4.46. The number of fused-ring (bicyclic) bond motifs is 1. The van der Waals surface area contributed by atoms with Gasteiger partial charge in [0.2, 0.25) is 0 Å². The summed E-state index contributed by atoms with van der Waals surface area (Å²) in [7, 11) is 1.68. The number of nitrogens with one attached hydrogen (secondary N) is 1. The minimum atomic E-state index is -0.870. The maximum atomic E-state index is 12.1. The van der Waals surface area contributed by atoms with Crippen LogP contribution in [0.25, 0.3) is 0 Å². The van der Waals surface area contributed by atoms with Gasteiger partial charge < -0.3 is 10.2 Å². The predicted molar refractivity (Wildman–Crippen MR) is 61.4 cm³/mol. The Morgan fingerprint density at radius 3 is 2.50 bits per heavy atom. The lowest BCUT2D eigenvalue weighted by molar-refractivity contribution is -0.123. The molecule has 0 radical (unpaired) electrons. The SMILES string of the molecule is CN1C(=O)C(C)(C)NC(=O)c2ccccc21. The van der Waals surface area contributed by atoms with Crippen molar-refractivity contribution in [3.63, 3.8) is 0 Å². The van der Waals surface area contributed by atoms with Crippen molar-refractivity contribution in [2.45, 2.75) is 19.4 Å². The summed E-state index contributed by atoms with van der Waals surface area (Å²) in [5.41, 5.74) is 0.310. The summed E-state index contributed by atoms with van der Waals surface area (Å²) in [6.07, 6.45) is 0. The molecule has 0 saturated carbocycles. The molecule has 1 N–H and O–H groups in total. The van der Waals surface area contributed by atoms with Crippen LogP contribution in [0, 0.1) is 0 Å². The van der Waals surface area contributed by atoms with Gasteiger partial charge in [-0.1, -0.05) is 12.1 Å². The van der Waals surface area contributed by atoms with E-state index in [2.05, 4.69) is 5.32 Å². The van der Waals surface area contributed by atoms with Crippen LogP contribution in [0.3, 0.4) is 0 Å². The Morgan fingerprint density at radius 2 is 1.81 bits per heavy atom. The lowest BCUT2D eigenvalue weighted by Gasteiger charge is -2.26. The molecule has 0 aliphatic carbocycles. The number of carbonyl (C=O) groups is 2. The number of likely N-dealkylation sites (N-methyl/N-ethyl adjacent to an activating group) is 1. The first kappa shape index (κ1) is 10.7. The summed E-state index contributed by atoms with van der Waals surface area (Å²) in [6.45, 7) is 3.41. The van der Waals surface area contributed by atoms with Crippen molar-refractivity contribution in [2.75, 3.05) is 11.9 Å². The van der Waals surface area contributed by atoms with E-state index in [1.165, 1.54) is 4.90 Å². The van der Waals surface area contributed by atoms with Gasteiger partial charge in [0, 0.05) is 7.05 Å². The molecule has 0 saturated heterocycles. The highest BCUT2D eigenvalue weighted by Gasteiger charge is 2.37. The quantitative estimate of drug-likeness (QED) is 0.710. The third-order valence-electron chi connectivity index (χ3n) is 2.78. The summed E-state index contributed by atoms with van der Waals surface area (Å²) in [4.78, 5) is 25.5. The molecule has 4 nitrogen and oxygen atoms in total. The molecule has 16 heavy (non-hydrogen) atoms. The number of carbonyl (C=O) groups excluding carboxylic acids is 2. The molecule has 1 aliphatic rings. The summed E-state index contributed by atoms with van der Waals surface area (Å²) in [5, 5.41) is 2.72. The Morgan fingerprint density at radius 1 is 1.19 bits per heavy atom. The zero-order valence-corrected chi connectivity index (χ0v) is 9.57. The van der Waals surface area contributed by atoms with E-state index in [1.807, 2.05) is 6.07 Å². The monoisotopic (exact) mass is 218 g/mol. The largest absolute Gasteiger partial charge is 0.338 e. The van der Waals surface area contributed by atoms with Crippen LogP contribution in [0.15, 0.2) is 24.3 Å². The second-order valence-electron chi connectivity index (χ2n) is 4.46. The van der Waals surface area contributed by atoms with Crippen LogP contribution in [0.1, 0.15) is 24.2 Å². The van der Waals surface area contributed by atoms with E-state index in [0.717, 1.165) is 0 Å². The van der Waals surface area contributed by atoms with Crippen LogP contribution in [0.2, 0.25) is 0 Å². The van der Waals surface area contributed by atoms with E-state index >= 15 is 0 Å². The fourth-order valence-electron chi connectivity index (χ4n) is 1.89. The first-order valence-electron chi connectivity index (χ1n) is 5.13. The number of hydrogen-bond donors (Lipinski definition) is 1. The first-order chi connectivity index (χ1) is 7.43. The molecule has 0 atom stereocenters. The van der Waals surface area contributed by atoms with Crippen molar-refractivity contribution in [1.82, 2.24) is 5.32 Å². The van der Waals surface area contributed by atoms with Crippen LogP contribution in [-0.2, 0) is 4.79 Å². The average molecular weight is 218 g/mol. The average Bonchev–Trinajstić information content (AvgIpc) is 2.31. The Bertz CT molecular complexity index is 466. The van der Waals surface area contributed by atoms with E-state index < -0.39 is 5.54 Å². The van der Waals surface area contributed by atoms with Gasteiger partial charge >= 0.3 is 0 Å². The third-order valence-corrected chi connectivity index (χ3v) is 2.78. The molecule has 0 bridgehead atoms. The molecule has 0 aromatic heterocycles. The fourth-order valence-corrected chi connectivity index (χ4v) is 1.89. The highest BCUT2D eigenvalue weighted by atomic mass is 16.2. The third kappa shape index (κ3) is 1.46. The Kier molecular flexibility index (Phi) is 2.22. The van der Waals surface area contributed by atoms with E-state index in [9.17, 15) is 9.59 Å². The van der Waals surface area contributed by atoms with Gasteiger partial charge in [0.25, 0.3) is 11.8 Å². The minimum Gasteiger partial charge on any atom is -0.338 e. The van der Waals surface area contributed by atoms with E-state index in [4.69, 9.17) is 0 Å². The summed E-state index contributed by atoms with van der Waals surface area (Å²) >= 11 is 0. The zero-order valence-electron chi connectivity index (χ0n) is 9.57. The van der Waals surface area contributed by atoms with E-state index in [0.29, 0.717) is 11.3 Å². The van der Waals surface area contributed by atoms with Crippen LogP contribution < -0.4 is 10.2 Å². The molecule has 0 spiro atoms. The topological polar surface area (TPSA) is 49.4 Å². The molecule has 1 aromatic carbocycles. The molecule has 1 aromatic rings. The number of rotatable bonds is 0. The van der Waals surface area contributed by atoms with Gasteiger partial charge in [-0.2, -0.15) is 0 Å². The zero-order chi connectivity index (χ0) is 11.9. The number of benzene rings is 1. The molecule has 1 heterocycles. The molecular weight excluding hydrogens is 204 g/mol. The first-order valence-corrected chi connectivity index (χ1v) is 5.13. The van der Waals surface area contributed by atoms with Crippen molar-refractivity contribution >= 4 is 17.5 Å². The molecule has 0 fully saturated rings. The van der Waals surface area contributed by atoms with Crippen LogP contribution in [0.4, 0.5) is 5.69 Å². The maximum absolute atomic E-state index is 12.1. The van der Waals surface area contributed by atoms with Crippen molar-refractivity contribution in [1.29, 1.82) is 0 Å². The Balaban J connectivity index is 2.61. The van der Waals surface area contributed by atoms with E-state index in [-0.39, 0.29) is 11.8 Å². The molecule has 84 valence electrons. The van der Waals surface area contributed by atoms with E-state index in [1.54, 1.807) is 39.1 Å². The van der Waals surface area contributed by atoms with Gasteiger partial charge in [-0.05, 0) is 26.0 Å². The van der Waals surface area contributed by atoms with Gasteiger partial charge in [-0.15, -0.1) is 0 Å². The van der Waals surface area contributed by atoms with Gasteiger partial charge in [0.1, 0.15) is 5.54 Å². The molecular formula is C12H14N2O2. The maximum Gasteiger partial charge on any atom is 0.254 e. The number of hydrogen-bond acceptors (Lipinski definition) is 2. The molecule has 2 amide bonds. The number of nitrogens with zero attached hydrogens (tertiary/aromatic N) is 1. The Labute approximate surface area is 94.2 Å². The lowest BCUT2D eigenvalue weighted by atomic mass is 10.0. The summed E-state index contributed by atoms with van der Waals surface area (Å²) < 4.78 is 0. The van der Waals surface area contributed by atoms with Gasteiger partial charge in [0.15, 0.2) is 0 Å². The molecule has 0 unspecified atom stereocenters. The number of para-hydroxylation sites is 1. The predicted octanol–water partition coefficient (Wildman–Crippen LogP) is 1.17. The van der Waals surface area contributed by atoms with Crippen molar-refractivity contribution < 1.29 is 9.59 Å². The van der Waals surface area contributed by atoms with Crippen molar-refractivity contribution in [3.8, 4) is 0 Å². The summed E-state index contributed by atoms with van der Waals surface area (Å²) in [5.74, 6) is -0.330. The number of amides is 2. The fraction of sp³-hybridized carbons (Fsp3) is 0.333.